The van der Waals surface area contributed by atoms with Crippen LogP contribution < -0.4 is 5.32 Å². The highest BCUT2D eigenvalue weighted by molar-refractivity contribution is 6.30. The first-order chi connectivity index (χ1) is 8.24. The summed E-state index contributed by atoms with van der Waals surface area (Å²) in [4.78, 5) is 0. The van der Waals surface area contributed by atoms with Gasteiger partial charge in [-0.1, -0.05) is 36.9 Å². The SMILES string of the molecule is OCC1(CNc2cccc(Cl)c2)CCCCC1. The molecule has 17 heavy (non-hydrogen) atoms. The molecule has 0 spiro atoms. The Morgan fingerprint density at radius 1 is 1.24 bits per heavy atom. The topological polar surface area (TPSA) is 32.3 Å². The fourth-order valence-electron chi connectivity index (χ4n) is 2.58. The van der Waals surface area contributed by atoms with Gasteiger partial charge < -0.3 is 10.4 Å². The normalized spacial score (nSPS) is 18.9. The monoisotopic (exact) mass is 253 g/mol. The molecule has 3 heteroatoms. The summed E-state index contributed by atoms with van der Waals surface area (Å²) in [6.07, 6.45) is 6.02. The molecule has 0 heterocycles. The lowest BCUT2D eigenvalue weighted by atomic mass is 9.74. The van der Waals surface area contributed by atoms with Crippen molar-refractivity contribution in [1.82, 2.24) is 0 Å². The van der Waals surface area contributed by atoms with Crippen LogP contribution in [0.4, 0.5) is 5.69 Å². The number of aliphatic hydroxyl groups excluding tert-OH is 1. The van der Waals surface area contributed by atoms with Crippen molar-refractivity contribution in [2.75, 3.05) is 18.5 Å². The van der Waals surface area contributed by atoms with Crippen molar-refractivity contribution in [2.24, 2.45) is 5.41 Å². The zero-order valence-electron chi connectivity index (χ0n) is 10.1. The zero-order valence-corrected chi connectivity index (χ0v) is 10.8. The lowest BCUT2D eigenvalue weighted by molar-refractivity contribution is 0.0944. The van der Waals surface area contributed by atoms with Gasteiger partial charge in [-0.3, -0.25) is 0 Å². The van der Waals surface area contributed by atoms with E-state index in [4.69, 9.17) is 11.6 Å². The maximum absolute atomic E-state index is 9.61. The van der Waals surface area contributed by atoms with Gasteiger partial charge in [0.1, 0.15) is 0 Å². The van der Waals surface area contributed by atoms with Crippen LogP contribution >= 0.6 is 11.6 Å². The highest BCUT2D eigenvalue weighted by Gasteiger charge is 2.30. The molecule has 0 radical (unpaired) electrons. The first kappa shape index (κ1) is 12.7. The third-order valence-corrected chi connectivity index (χ3v) is 3.98. The fourth-order valence-corrected chi connectivity index (χ4v) is 2.77. The molecule has 2 rings (SSSR count). The number of hydrogen-bond donors (Lipinski definition) is 2. The summed E-state index contributed by atoms with van der Waals surface area (Å²) in [6.45, 7) is 1.12. The summed E-state index contributed by atoms with van der Waals surface area (Å²) >= 11 is 5.95. The molecular formula is C14H20ClNO. The maximum atomic E-state index is 9.61. The van der Waals surface area contributed by atoms with Crippen molar-refractivity contribution in [3.05, 3.63) is 29.3 Å². The van der Waals surface area contributed by atoms with Crippen LogP contribution in [0, 0.1) is 5.41 Å². The number of hydrogen-bond acceptors (Lipinski definition) is 2. The number of anilines is 1. The molecule has 0 saturated heterocycles. The van der Waals surface area contributed by atoms with Crippen molar-refractivity contribution in [3.63, 3.8) is 0 Å². The molecule has 1 saturated carbocycles. The highest BCUT2D eigenvalue weighted by Crippen LogP contribution is 2.36. The summed E-state index contributed by atoms with van der Waals surface area (Å²) < 4.78 is 0. The zero-order chi connectivity index (χ0) is 12.1. The second kappa shape index (κ2) is 5.74. The highest BCUT2D eigenvalue weighted by atomic mass is 35.5. The number of rotatable bonds is 4. The maximum Gasteiger partial charge on any atom is 0.0504 e. The van der Waals surface area contributed by atoms with E-state index >= 15 is 0 Å². The van der Waals surface area contributed by atoms with Gasteiger partial charge in [-0.15, -0.1) is 0 Å². The molecule has 2 N–H and O–H groups in total. The van der Waals surface area contributed by atoms with Gasteiger partial charge in [0.05, 0.1) is 6.61 Å². The van der Waals surface area contributed by atoms with Crippen molar-refractivity contribution >= 4 is 17.3 Å². The lowest BCUT2D eigenvalue weighted by Crippen LogP contribution is -2.35. The van der Waals surface area contributed by atoms with Crippen LogP contribution in [0.25, 0.3) is 0 Å². The Bertz CT molecular complexity index is 361. The molecule has 0 aliphatic heterocycles. The minimum absolute atomic E-state index is 0.0700. The first-order valence-corrected chi connectivity index (χ1v) is 6.72. The molecule has 2 nitrogen and oxygen atoms in total. The second-order valence-electron chi connectivity index (χ2n) is 5.08. The molecular weight excluding hydrogens is 234 g/mol. The Hall–Kier alpha value is -0.730. The van der Waals surface area contributed by atoms with Gasteiger partial charge >= 0.3 is 0 Å². The molecule has 1 aliphatic carbocycles. The summed E-state index contributed by atoms with van der Waals surface area (Å²) in [7, 11) is 0. The number of nitrogens with one attached hydrogen (secondary N) is 1. The van der Waals surface area contributed by atoms with Gasteiger partial charge in [0.25, 0.3) is 0 Å². The van der Waals surface area contributed by atoms with Crippen molar-refractivity contribution in [3.8, 4) is 0 Å². The Balaban J connectivity index is 1.95. The van der Waals surface area contributed by atoms with Crippen LogP contribution in [0.2, 0.25) is 5.02 Å². The van der Waals surface area contributed by atoms with E-state index < -0.39 is 0 Å². The van der Waals surface area contributed by atoms with Gasteiger partial charge in [-0.05, 0) is 31.0 Å². The Kier molecular flexibility index (Phi) is 4.30. The predicted molar refractivity (Wildman–Crippen MR) is 72.5 cm³/mol. The van der Waals surface area contributed by atoms with Gasteiger partial charge in [0, 0.05) is 22.7 Å². The van der Waals surface area contributed by atoms with E-state index in [1.807, 2.05) is 24.3 Å². The first-order valence-electron chi connectivity index (χ1n) is 6.34. The van der Waals surface area contributed by atoms with Crippen LogP contribution in [0.1, 0.15) is 32.1 Å². The molecule has 0 bridgehead atoms. The molecule has 0 unspecified atom stereocenters. The summed E-state index contributed by atoms with van der Waals surface area (Å²) in [5.74, 6) is 0. The molecule has 1 aromatic rings. The summed E-state index contributed by atoms with van der Waals surface area (Å²) in [5, 5.41) is 13.8. The Morgan fingerprint density at radius 2 is 2.00 bits per heavy atom. The van der Waals surface area contributed by atoms with Gasteiger partial charge in [0.15, 0.2) is 0 Å². The van der Waals surface area contributed by atoms with Crippen LogP contribution in [-0.2, 0) is 0 Å². The fraction of sp³-hybridized carbons (Fsp3) is 0.571. The second-order valence-corrected chi connectivity index (χ2v) is 5.52. The van der Waals surface area contributed by atoms with E-state index in [1.165, 1.54) is 19.3 Å². The van der Waals surface area contributed by atoms with E-state index in [9.17, 15) is 5.11 Å². The van der Waals surface area contributed by atoms with E-state index in [1.54, 1.807) is 0 Å². The third kappa shape index (κ3) is 3.36. The Labute approximate surface area is 108 Å². The van der Waals surface area contributed by atoms with E-state index in [-0.39, 0.29) is 12.0 Å². The number of benzene rings is 1. The summed E-state index contributed by atoms with van der Waals surface area (Å²) in [5.41, 5.74) is 1.11. The van der Waals surface area contributed by atoms with Gasteiger partial charge in [-0.2, -0.15) is 0 Å². The van der Waals surface area contributed by atoms with Crippen molar-refractivity contribution < 1.29 is 5.11 Å². The van der Waals surface area contributed by atoms with Gasteiger partial charge in [0.2, 0.25) is 0 Å². The smallest absolute Gasteiger partial charge is 0.0504 e. The average molecular weight is 254 g/mol. The largest absolute Gasteiger partial charge is 0.396 e. The third-order valence-electron chi connectivity index (χ3n) is 3.74. The van der Waals surface area contributed by atoms with Crippen LogP contribution in [0.5, 0.6) is 0 Å². The number of halogens is 1. The minimum Gasteiger partial charge on any atom is -0.396 e. The lowest BCUT2D eigenvalue weighted by Gasteiger charge is -2.36. The van der Waals surface area contributed by atoms with E-state index in [0.717, 1.165) is 30.1 Å². The molecule has 94 valence electrons. The van der Waals surface area contributed by atoms with Crippen molar-refractivity contribution in [2.45, 2.75) is 32.1 Å². The number of aliphatic hydroxyl groups is 1. The Morgan fingerprint density at radius 3 is 2.65 bits per heavy atom. The molecule has 0 aromatic heterocycles. The van der Waals surface area contributed by atoms with Crippen LogP contribution in [0.15, 0.2) is 24.3 Å². The predicted octanol–water partition coefficient (Wildman–Crippen LogP) is 3.69. The van der Waals surface area contributed by atoms with Crippen molar-refractivity contribution in [1.29, 1.82) is 0 Å². The summed E-state index contributed by atoms with van der Waals surface area (Å²) in [6, 6.07) is 7.75. The standard InChI is InChI=1S/C14H20ClNO/c15-12-5-4-6-13(9-12)16-10-14(11-17)7-2-1-3-8-14/h4-6,9,16-17H,1-3,7-8,10-11H2. The molecule has 0 atom stereocenters. The van der Waals surface area contributed by atoms with Crippen LogP contribution in [0.3, 0.4) is 0 Å². The molecule has 1 aliphatic rings. The average Bonchev–Trinajstić information content (AvgIpc) is 2.38. The quantitative estimate of drug-likeness (QED) is 0.858. The van der Waals surface area contributed by atoms with Gasteiger partial charge in [-0.25, -0.2) is 0 Å². The van der Waals surface area contributed by atoms with E-state index in [0.29, 0.717) is 0 Å². The molecule has 1 fully saturated rings. The molecule has 1 aromatic carbocycles. The molecule has 0 amide bonds. The minimum atomic E-state index is 0.0700. The van der Waals surface area contributed by atoms with E-state index in [2.05, 4.69) is 5.32 Å². The van der Waals surface area contributed by atoms with Crippen LogP contribution in [-0.4, -0.2) is 18.3 Å².